The second-order valence-electron chi connectivity index (χ2n) is 5.75. The Kier molecular flexibility index (Phi) is 5.59. The van der Waals surface area contributed by atoms with Crippen molar-refractivity contribution in [3.8, 4) is 0 Å². The summed E-state index contributed by atoms with van der Waals surface area (Å²) in [5.41, 5.74) is -0.0501. The summed E-state index contributed by atoms with van der Waals surface area (Å²) in [6.07, 6.45) is -4.47. The highest BCUT2D eigenvalue weighted by molar-refractivity contribution is 8.00. The molecule has 1 heterocycles. The van der Waals surface area contributed by atoms with Gasteiger partial charge in [-0.15, -0.1) is 11.8 Å². The van der Waals surface area contributed by atoms with Crippen LogP contribution in [-0.4, -0.2) is 30.1 Å². The van der Waals surface area contributed by atoms with Crippen molar-refractivity contribution >= 4 is 40.9 Å². The van der Waals surface area contributed by atoms with Crippen molar-refractivity contribution in [3.63, 3.8) is 0 Å². The van der Waals surface area contributed by atoms with Gasteiger partial charge in [-0.25, -0.2) is 4.79 Å². The van der Waals surface area contributed by atoms with Gasteiger partial charge in [-0.1, -0.05) is 0 Å². The van der Waals surface area contributed by atoms with E-state index in [4.69, 9.17) is 4.74 Å². The van der Waals surface area contributed by atoms with Gasteiger partial charge in [0.05, 0.1) is 22.6 Å². The van der Waals surface area contributed by atoms with Gasteiger partial charge < -0.3 is 15.4 Å². The lowest BCUT2D eigenvalue weighted by Crippen LogP contribution is -2.22. The maximum Gasteiger partial charge on any atom is 0.416 e. The summed E-state index contributed by atoms with van der Waals surface area (Å²) in [6.45, 7) is -0.613. The molecule has 0 radical (unpaired) electrons. The molecule has 0 saturated heterocycles. The van der Waals surface area contributed by atoms with Crippen molar-refractivity contribution in [1.82, 2.24) is 0 Å². The Balaban J connectivity index is 1.55. The van der Waals surface area contributed by atoms with Gasteiger partial charge in [0.25, 0.3) is 5.91 Å². The SMILES string of the molecule is O=C(COC(=O)c1ccc2c(c1)NC(=O)CS2)Nc1ccc(C(F)(F)F)cc1. The number of thioether (sulfide) groups is 1. The number of carbonyl (C=O) groups excluding carboxylic acids is 3. The predicted molar refractivity (Wildman–Crippen MR) is 96.2 cm³/mol. The summed E-state index contributed by atoms with van der Waals surface area (Å²) in [5.74, 6) is -1.36. The fourth-order valence-corrected chi connectivity index (χ4v) is 3.15. The summed E-state index contributed by atoms with van der Waals surface area (Å²) in [5, 5.41) is 4.98. The van der Waals surface area contributed by atoms with Crippen LogP contribution in [0, 0.1) is 0 Å². The summed E-state index contributed by atoms with van der Waals surface area (Å²) in [4.78, 5) is 36.1. The highest BCUT2D eigenvalue weighted by Crippen LogP contribution is 2.32. The summed E-state index contributed by atoms with van der Waals surface area (Å²) in [7, 11) is 0. The Morgan fingerprint density at radius 1 is 1.14 bits per heavy atom. The number of ether oxygens (including phenoxy) is 1. The van der Waals surface area contributed by atoms with E-state index in [-0.39, 0.29) is 17.2 Å². The fraction of sp³-hybridized carbons (Fsp3) is 0.167. The van der Waals surface area contributed by atoms with Crippen molar-refractivity contribution < 1.29 is 32.3 Å². The molecule has 2 aromatic rings. The summed E-state index contributed by atoms with van der Waals surface area (Å²) >= 11 is 1.34. The van der Waals surface area contributed by atoms with E-state index in [1.807, 2.05) is 0 Å². The lowest BCUT2D eigenvalue weighted by Gasteiger charge is -2.16. The van der Waals surface area contributed by atoms with Crippen molar-refractivity contribution in [1.29, 1.82) is 0 Å². The second kappa shape index (κ2) is 7.93. The van der Waals surface area contributed by atoms with Crippen molar-refractivity contribution in [2.45, 2.75) is 11.1 Å². The number of rotatable bonds is 4. The Hall–Kier alpha value is -3.01. The topological polar surface area (TPSA) is 84.5 Å². The quantitative estimate of drug-likeness (QED) is 0.754. The van der Waals surface area contributed by atoms with E-state index in [0.717, 1.165) is 29.2 Å². The van der Waals surface area contributed by atoms with Crippen LogP contribution < -0.4 is 10.6 Å². The number of nitrogens with one attached hydrogen (secondary N) is 2. The van der Waals surface area contributed by atoms with E-state index in [2.05, 4.69) is 10.6 Å². The number of hydrogen-bond donors (Lipinski definition) is 2. The van der Waals surface area contributed by atoms with E-state index in [1.165, 1.54) is 23.9 Å². The van der Waals surface area contributed by atoms with Crippen molar-refractivity contribution in [2.75, 3.05) is 23.0 Å². The number of amides is 2. The van der Waals surface area contributed by atoms with Crippen LogP contribution in [0.25, 0.3) is 0 Å². The first-order chi connectivity index (χ1) is 13.2. The Morgan fingerprint density at radius 3 is 2.54 bits per heavy atom. The molecule has 0 fully saturated rings. The maximum atomic E-state index is 12.5. The van der Waals surface area contributed by atoms with E-state index >= 15 is 0 Å². The number of benzene rings is 2. The number of anilines is 2. The first-order valence-corrected chi connectivity index (χ1v) is 8.92. The van der Waals surface area contributed by atoms with Gasteiger partial charge in [-0.05, 0) is 42.5 Å². The minimum Gasteiger partial charge on any atom is -0.452 e. The predicted octanol–water partition coefficient (Wildman–Crippen LogP) is 3.55. The fourth-order valence-electron chi connectivity index (χ4n) is 2.36. The first kappa shape index (κ1) is 19.7. The molecule has 0 spiro atoms. The van der Waals surface area contributed by atoms with Crippen molar-refractivity contribution in [2.24, 2.45) is 0 Å². The molecule has 146 valence electrons. The maximum absolute atomic E-state index is 12.5. The molecule has 1 aliphatic heterocycles. The Labute approximate surface area is 161 Å². The lowest BCUT2D eigenvalue weighted by molar-refractivity contribution is -0.137. The van der Waals surface area contributed by atoms with E-state index in [0.29, 0.717) is 11.4 Å². The highest BCUT2D eigenvalue weighted by atomic mass is 32.2. The van der Waals surface area contributed by atoms with Crippen LogP contribution in [0.15, 0.2) is 47.4 Å². The molecule has 28 heavy (non-hydrogen) atoms. The zero-order chi connectivity index (χ0) is 20.3. The standard InChI is InChI=1S/C18H13F3N2O4S/c19-18(20,21)11-2-4-12(5-3-11)22-15(24)8-27-17(26)10-1-6-14-13(7-10)23-16(25)9-28-14/h1-7H,8-9H2,(H,22,24)(H,23,25). The molecule has 2 aromatic carbocycles. The van der Waals surface area contributed by atoms with Crippen molar-refractivity contribution in [3.05, 3.63) is 53.6 Å². The number of halogens is 3. The average Bonchev–Trinajstić information content (AvgIpc) is 2.65. The molecular formula is C18H13F3N2O4S. The molecule has 0 unspecified atom stereocenters. The molecule has 0 saturated carbocycles. The van der Waals surface area contributed by atoms with Gasteiger partial charge in [0.2, 0.25) is 5.91 Å². The largest absolute Gasteiger partial charge is 0.452 e. The molecule has 2 N–H and O–H groups in total. The zero-order valence-electron chi connectivity index (χ0n) is 14.1. The monoisotopic (exact) mass is 410 g/mol. The van der Waals surface area contributed by atoms with Gasteiger partial charge in [0, 0.05) is 10.6 Å². The summed E-state index contributed by atoms with van der Waals surface area (Å²) < 4.78 is 42.4. The van der Waals surface area contributed by atoms with Crippen LogP contribution >= 0.6 is 11.8 Å². The number of esters is 1. The number of alkyl halides is 3. The third-order valence-corrected chi connectivity index (χ3v) is 4.75. The molecule has 1 aliphatic rings. The average molecular weight is 410 g/mol. The zero-order valence-corrected chi connectivity index (χ0v) is 14.9. The molecule has 0 bridgehead atoms. The van der Waals surface area contributed by atoms with Gasteiger partial charge >= 0.3 is 12.1 Å². The van der Waals surface area contributed by atoms with Crippen LogP contribution in [0.3, 0.4) is 0 Å². The molecule has 0 aliphatic carbocycles. The van der Waals surface area contributed by atoms with E-state index in [1.54, 1.807) is 6.07 Å². The molecule has 0 atom stereocenters. The molecule has 3 rings (SSSR count). The summed E-state index contributed by atoms with van der Waals surface area (Å²) in [6, 6.07) is 8.51. The van der Waals surface area contributed by atoms with Gasteiger partial charge in [0.1, 0.15) is 0 Å². The Morgan fingerprint density at radius 2 is 1.86 bits per heavy atom. The van der Waals surface area contributed by atoms with E-state index < -0.39 is 30.2 Å². The van der Waals surface area contributed by atoms with Crippen LogP contribution in [0.2, 0.25) is 0 Å². The number of hydrogen-bond acceptors (Lipinski definition) is 5. The molecule has 0 aromatic heterocycles. The lowest BCUT2D eigenvalue weighted by atomic mass is 10.2. The van der Waals surface area contributed by atoms with E-state index in [9.17, 15) is 27.6 Å². The number of fused-ring (bicyclic) bond motifs is 1. The smallest absolute Gasteiger partial charge is 0.416 e. The van der Waals surface area contributed by atoms with Gasteiger partial charge in [-0.2, -0.15) is 13.2 Å². The molecule has 10 heteroatoms. The highest BCUT2D eigenvalue weighted by Gasteiger charge is 2.30. The third-order valence-electron chi connectivity index (χ3n) is 3.68. The van der Waals surface area contributed by atoms with Crippen LogP contribution in [0.4, 0.5) is 24.5 Å². The number of carbonyl (C=O) groups is 3. The van der Waals surface area contributed by atoms with Gasteiger partial charge in [0.15, 0.2) is 6.61 Å². The molecular weight excluding hydrogens is 397 g/mol. The van der Waals surface area contributed by atoms with Crippen LogP contribution in [0.1, 0.15) is 15.9 Å². The Bertz CT molecular complexity index is 929. The van der Waals surface area contributed by atoms with Gasteiger partial charge in [-0.3, -0.25) is 9.59 Å². The minimum absolute atomic E-state index is 0.141. The minimum atomic E-state index is -4.47. The van der Waals surface area contributed by atoms with Crippen LogP contribution in [-0.2, 0) is 20.5 Å². The third kappa shape index (κ3) is 4.83. The molecule has 6 nitrogen and oxygen atoms in total. The normalized spacial score (nSPS) is 13.3. The molecule has 2 amide bonds. The second-order valence-corrected chi connectivity index (χ2v) is 6.76. The first-order valence-electron chi connectivity index (χ1n) is 7.93. The van der Waals surface area contributed by atoms with Crippen LogP contribution in [0.5, 0.6) is 0 Å².